The van der Waals surface area contributed by atoms with E-state index in [-0.39, 0.29) is 22.8 Å². The fraction of sp³-hybridized carbons (Fsp3) is 0.143. The van der Waals surface area contributed by atoms with Gasteiger partial charge in [-0.3, -0.25) is 14.5 Å². The predicted molar refractivity (Wildman–Crippen MR) is 76.1 cm³/mol. The Morgan fingerprint density at radius 3 is 2.76 bits per heavy atom. The van der Waals surface area contributed by atoms with Crippen molar-refractivity contribution in [1.82, 2.24) is 4.98 Å². The molecule has 5 nitrogen and oxygen atoms in total. The Kier molecular flexibility index (Phi) is 4.32. The van der Waals surface area contributed by atoms with Crippen molar-refractivity contribution in [3.05, 3.63) is 54.1 Å². The lowest BCUT2D eigenvalue weighted by atomic mass is 10.1. The third kappa shape index (κ3) is 3.43. The highest BCUT2D eigenvalue weighted by Gasteiger charge is 2.17. The molecule has 0 unspecified atom stereocenters. The number of benzene rings is 1. The molecule has 2 rings (SSSR count). The second kappa shape index (κ2) is 6.01. The summed E-state index contributed by atoms with van der Waals surface area (Å²) in [6.07, 6.45) is 2.46. The Morgan fingerprint density at radius 2 is 2.10 bits per heavy atom. The molecule has 2 aromatic rings. The fourth-order valence-electron chi connectivity index (χ4n) is 1.70. The number of hydrogen-bond acceptors (Lipinski definition) is 4. The Bertz CT molecular complexity index is 775. The number of carbonyl (C=O) groups excluding carboxylic acids is 1. The summed E-state index contributed by atoms with van der Waals surface area (Å²) in [6, 6.07) is 6.84. The minimum absolute atomic E-state index is 0.0991. The maximum absolute atomic E-state index is 13.5. The SMILES string of the molecule is CCC(=O)c1cccc(S(=O)(=O)Nc2ccncc2F)c1. The predicted octanol–water partition coefficient (Wildman–Crippen LogP) is 2.61. The van der Waals surface area contributed by atoms with Crippen LogP contribution in [0.3, 0.4) is 0 Å². The highest BCUT2D eigenvalue weighted by molar-refractivity contribution is 7.92. The molecule has 0 amide bonds. The lowest BCUT2D eigenvalue weighted by molar-refractivity contribution is 0.0988. The second-order valence-corrected chi connectivity index (χ2v) is 5.95. The van der Waals surface area contributed by atoms with Gasteiger partial charge in [-0.25, -0.2) is 12.8 Å². The zero-order valence-electron chi connectivity index (χ0n) is 11.2. The fourth-order valence-corrected chi connectivity index (χ4v) is 2.82. The zero-order valence-corrected chi connectivity index (χ0v) is 12.0. The van der Waals surface area contributed by atoms with Crippen molar-refractivity contribution in [3.63, 3.8) is 0 Å². The van der Waals surface area contributed by atoms with Crippen molar-refractivity contribution in [1.29, 1.82) is 0 Å². The summed E-state index contributed by atoms with van der Waals surface area (Å²) in [7, 11) is -3.97. The first-order valence-electron chi connectivity index (χ1n) is 6.19. The van der Waals surface area contributed by atoms with Gasteiger partial charge in [0, 0.05) is 18.2 Å². The molecule has 0 aliphatic carbocycles. The molecular formula is C14H13FN2O3S. The quantitative estimate of drug-likeness (QED) is 0.861. The van der Waals surface area contributed by atoms with Crippen LogP contribution in [0.2, 0.25) is 0 Å². The van der Waals surface area contributed by atoms with E-state index in [1.165, 1.54) is 36.5 Å². The first-order valence-corrected chi connectivity index (χ1v) is 7.68. The normalized spacial score (nSPS) is 11.1. The number of rotatable bonds is 5. The number of hydrogen-bond donors (Lipinski definition) is 1. The van der Waals surface area contributed by atoms with E-state index in [0.29, 0.717) is 5.56 Å². The Hall–Kier alpha value is -2.28. The number of carbonyl (C=O) groups is 1. The van der Waals surface area contributed by atoms with E-state index in [2.05, 4.69) is 9.71 Å². The van der Waals surface area contributed by atoms with Crippen molar-refractivity contribution in [2.24, 2.45) is 0 Å². The number of nitrogens with zero attached hydrogens (tertiary/aromatic N) is 1. The summed E-state index contributed by atoms with van der Waals surface area (Å²) in [5.41, 5.74) is 0.104. The van der Waals surface area contributed by atoms with Gasteiger partial charge in [-0.2, -0.15) is 0 Å². The lowest BCUT2D eigenvalue weighted by Gasteiger charge is -2.09. The summed E-state index contributed by atoms with van der Waals surface area (Å²) in [5, 5.41) is 0. The van der Waals surface area contributed by atoms with Crippen molar-refractivity contribution >= 4 is 21.5 Å². The van der Waals surface area contributed by atoms with Crippen molar-refractivity contribution in [3.8, 4) is 0 Å². The average Bonchev–Trinajstić information content (AvgIpc) is 2.49. The maximum Gasteiger partial charge on any atom is 0.262 e. The van der Waals surface area contributed by atoms with E-state index in [1.807, 2.05) is 0 Å². The summed E-state index contributed by atoms with van der Waals surface area (Å²) < 4.78 is 40.0. The minimum Gasteiger partial charge on any atom is -0.294 e. The molecule has 7 heteroatoms. The van der Waals surface area contributed by atoms with Crippen LogP contribution < -0.4 is 4.72 Å². The second-order valence-electron chi connectivity index (χ2n) is 4.27. The van der Waals surface area contributed by atoms with Gasteiger partial charge >= 0.3 is 0 Å². The van der Waals surface area contributed by atoms with Crippen LogP contribution in [0.25, 0.3) is 0 Å². The summed E-state index contributed by atoms with van der Waals surface area (Å²) in [6.45, 7) is 1.69. The third-order valence-electron chi connectivity index (χ3n) is 2.80. The number of Topliss-reactive ketones (excluding diaryl/α,β-unsaturated/α-hetero) is 1. The molecule has 0 saturated heterocycles. The molecule has 0 radical (unpaired) electrons. The summed E-state index contributed by atoms with van der Waals surface area (Å²) >= 11 is 0. The van der Waals surface area contributed by atoms with Crippen LogP contribution in [0.4, 0.5) is 10.1 Å². The number of sulfonamides is 1. The van der Waals surface area contributed by atoms with Gasteiger partial charge < -0.3 is 0 Å². The third-order valence-corrected chi connectivity index (χ3v) is 4.17. The first-order chi connectivity index (χ1) is 9.94. The van der Waals surface area contributed by atoms with E-state index in [1.54, 1.807) is 6.92 Å². The molecular weight excluding hydrogens is 295 g/mol. The highest BCUT2D eigenvalue weighted by atomic mass is 32.2. The van der Waals surface area contributed by atoms with Crippen LogP contribution in [0.1, 0.15) is 23.7 Å². The number of aromatic nitrogens is 1. The van der Waals surface area contributed by atoms with Crippen LogP contribution in [-0.2, 0) is 10.0 Å². The molecule has 0 aliphatic heterocycles. The number of pyridine rings is 1. The molecule has 0 fully saturated rings. The largest absolute Gasteiger partial charge is 0.294 e. The number of ketones is 1. The maximum atomic E-state index is 13.5. The minimum atomic E-state index is -3.97. The molecule has 21 heavy (non-hydrogen) atoms. The van der Waals surface area contributed by atoms with E-state index in [0.717, 1.165) is 6.20 Å². The molecule has 1 heterocycles. The lowest BCUT2D eigenvalue weighted by Crippen LogP contribution is -2.14. The van der Waals surface area contributed by atoms with E-state index in [9.17, 15) is 17.6 Å². The zero-order chi connectivity index (χ0) is 15.5. The van der Waals surface area contributed by atoms with Gasteiger partial charge in [0.1, 0.15) is 0 Å². The number of anilines is 1. The Labute approximate surface area is 121 Å². The Morgan fingerprint density at radius 1 is 1.33 bits per heavy atom. The standard InChI is InChI=1S/C14H13FN2O3S/c1-2-14(18)10-4-3-5-11(8-10)21(19,20)17-13-6-7-16-9-12(13)15/h3-9H,2H2,1H3,(H,16,17). The van der Waals surface area contributed by atoms with Gasteiger partial charge in [-0.05, 0) is 18.2 Å². The topological polar surface area (TPSA) is 76.1 Å². The van der Waals surface area contributed by atoms with Crippen LogP contribution in [-0.4, -0.2) is 19.2 Å². The molecule has 1 aromatic carbocycles. The molecule has 0 bridgehead atoms. The monoisotopic (exact) mass is 308 g/mol. The summed E-state index contributed by atoms with van der Waals surface area (Å²) in [4.78, 5) is 15.1. The molecule has 0 atom stereocenters. The van der Waals surface area contributed by atoms with Crippen LogP contribution in [0, 0.1) is 5.82 Å². The first kappa shape index (κ1) is 15.1. The van der Waals surface area contributed by atoms with Gasteiger partial charge in [0.2, 0.25) is 0 Å². The van der Waals surface area contributed by atoms with Gasteiger partial charge in [-0.15, -0.1) is 0 Å². The highest BCUT2D eigenvalue weighted by Crippen LogP contribution is 2.19. The van der Waals surface area contributed by atoms with Crippen LogP contribution in [0.5, 0.6) is 0 Å². The number of nitrogens with one attached hydrogen (secondary N) is 1. The molecule has 110 valence electrons. The molecule has 1 aromatic heterocycles. The van der Waals surface area contributed by atoms with Crippen molar-refractivity contribution in [2.75, 3.05) is 4.72 Å². The van der Waals surface area contributed by atoms with Gasteiger partial charge in [0.15, 0.2) is 11.6 Å². The van der Waals surface area contributed by atoms with Gasteiger partial charge in [-0.1, -0.05) is 19.1 Å². The Balaban J connectivity index is 2.36. The van der Waals surface area contributed by atoms with E-state index < -0.39 is 15.8 Å². The molecule has 1 N–H and O–H groups in total. The van der Waals surface area contributed by atoms with E-state index in [4.69, 9.17) is 0 Å². The number of halogens is 1. The average molecular weight is 308 g/mol. The molecule has 0 saturated carbocycles. The molecule has 0 aliphatic rings. The van der Waals surface area contributed by atoms with Gasteiger partial charge in [0.05, 0.1) is 16.8 Å². The smallest absolute Gasteiger partial charge is 0.262 e. The van der Waals surface area contributed by atoms with Crippen LogP contribution in [0.15, 0.2) is 47.6 Å². The van der Waals surface area contributed by atoms with Crippen LogP contribution >= 0.6 is 0 Å². The van der Waals surface area contributed by atoms with E-state index >= 15 is 0 Å². The van der Waals surface area contributed by atoms with Crippen molar-refractivity contribution < 1.29 is 17.6 Å². The van der Waals surface area contributed by atoms with Gasteiger partial charge in [0.25, 0.3) is 10.0 Å². The summed E-state index contributed by atoms with van der Waals surface area (Å²) in [5.74, 6) is -0.941. The van der Waals surface area contributed by atoms with Crippen molar-refractivity contribution in [2.45, 2.75) is 18.2 Å². The molecule has 0 spiro atoms.